The van der Waals surface area contributed by atoms with Crippen molar-refractivity contribution in [3.8, 4) is 11.4 Å². The van der Waals surface area contributed by atoms with E-state index in [1.54, 1.807) is 30.5 Å². The summed E-state index contributed by atoms with van der Waals surface area (Å²) in [4.78, 5) is 24.7. The maximum absolute atomic E-state index is 14.4. The fourth-order valence-electron chi connectivity index (χ4n) is 5.46. The van der Waals surface area contributed by atoms with Crippen LogP contribution >= 0.6 is 0 Å². The highest BCUT2D eigenvalue weighted by Crippen LogP contribution is 2.35. The lowest BCUT2D eigenvalue weighted by Gasteiger charge is -2.21. The molecule has 2 N–H and O–H groups in total. The van der Waals surface area contributed by atoms with Crippen LogP contribution in [0, 0.1) is 12.8 Å². The number of ketones is 1. The highest BCUT2D eigenvalue weighted by atomic mass is 32.2. The van der Waals surface area contributed by atoms with Gasteiger partial charge in [0.05, 0.1) is 29.3 Å². The summed E-state index contributed by atoms with van der Waals surface area (Å²) in [6.45, 7) is 2.34. The Kier molecular flexibility index (Phi) is 7.34. The van der Waals surface area contributed by atoms with Crippen molar-refractivity contribution in [3.63, 3.8) is 0 Å². The first-order valence-corrected chi connectivity index (χ1v) is 15.9. The number of hydrogen-bond donors (Lipinski definition) is 2. The number of alkyl halides is 2. The summed E-state index contributed by atoms with van der Waals surface area (Å²) >= 11 is 0. The Morgan fingerprint density at radius 3 is 2.62 bits per heavy atom. The first-order valence-electron chi connectivity index (χ1n) is 14.0. The standard InChI is InChI=1S/C29H32F2N6O4S/c1-16-15-32-27(36(16)2)18-9-10-20(23(12-18)42(3,39)40)34-21-13-19(14-22(38)17-7-8-17)33-28-25(21)35-29(26(30)31)37(28)24-6-4-5-11-41-24/h9-10,12-13,15,17,24,26H,4-8,11,14H2,1-3H3,(H,32,33,34)/p+1. The molecule has 4 heterocycles. The number of aromatic amines is 1. The van der Waals surface area contributed by atoms with E-state index in [4.69, 9.17) is 4.74 Å². The summed E-state index contributed by atoms with van der Waals surface area (Å²) in [6.07, 6.45) is 3.25. The Labute approximate surface area is 242 Å². The van der Waals surface area contributed by atoms with Gasteiger partial charge in [0.15, 0.2) is 21.6 Å². The van der Waals surface area contributed by atoms with Crippen LogP contribution < -0.4 is 9.88 Å². The van der Waals surface area contributed by atoms with Crippen molar-refractivity contribution in [2.24, 2.45) is 13.0 Å². The summed E-state index contributed by atoms with van der Waals surface area (Å²) < 4.78 is 63.8. The molecule has 2 fully saturated rings. The van der Waals surface area contributed by atoms with Crippen LogP contribution in [0.5, 0.6) is 0 Å². The predicted molar refractivity (Wildman–Crippen MR) is 151 cm³/mol. The summed E-state index contributed by atoms with van der Waals surface area (Å²) in [7, 11) is -1.89. The normalized spacial score (nSPS) is 17.7. The molecule has 1 atom stereocenters. The predicted octanol–water partition coefficient (Wildman–Crippen LogP) is 4.86. The number of sulfone groups is 1. The van der Waals surface area contributed by atoms with Crippen molar-refractivity contribution in [1.29, 1.82) is 0 Å². The van der Waals surface area contributed by atoms with Gasteiger partial charge in [0.1, 0.15) is 17.3 Å². The molecule has 42 heavy (non-hydrogen) atoms. The third-order valence-corrected chi connectivity index (χ3v) is 9.10. The highest BCUT2D eigenvalue weighted by Gasteiger charge is 2.36. The van der Waals surface area contributed by atoms with E-state index >= 15 is 0 Å². The van der Waals surface area contributed by atoms with Crippen molar-refractivity contribution in [2.75, 3.05) is 18.2 Å². The van der Waals surface area contributed by atoms with Crippen LogP contribution in [-0.4, -0.2) is 46.6 Å². The molecule has 13 heteroatoms. The van der Waals surface area contributed by atoms with E-state index in [2.05, 4.69) is 20.3 Å². The highest BCUT2D eigenvalue weighted by molar-refractivity contribution is 7.90. The summed E-state index contributed by atoms with van der Waals surface area (Å²) in [6, 6.07) is 6.56. The van der Waals surface area contributed by atoms with Gasteiger partial charge in [-0.25, -0.2) is 13.4 Å². The summed E-state index contributed by atoms with van der Waals surface area (Å²) in [5.41, 5.74) is 3.02. The maximum atomic E-state index is 14.4. The molecule has 0 amide bonds. The number of nitrogens with one attached hydrogen (secondary N) is 2. The monoisotopic (exact) mass is 599 g/mol. The van der Waals surface area contributed by atoms with Gasteiger partial charge < -0.3 is 14.6 Å². The van der Waals surface area contributed by atoms with Gasteiger partial charge in [0, 0.05) is 49.2 Å². The Balaban J connectivity index is 1.50. The van der Waals surface area contributed by atoms with Gasteiger partial charge in [-0.3, -0.25) is 9.78 Å². The molecule has 2 aliphatic rings. The number of aryl methyl sites for hydroxylation is 1. The molecule has 0 bridgehead atoms. The first kappa shape index (κ1) is 28.4. The van der Waals surface area contributed by atoms with E-state index in [9.17, 15) is 22.0 Å². The van der Waals surface area contributed by atoms with E-state index < -0.39 is 22.5 Å². The number of carbonyl (C=O) groups is 1. The number of benzene rings is 1. The fourth-order valence-corrected chi connectivity index (χ4v) is 6.32. The molecule has 1 unspecified atom stereocenters. The lowest BCUT2D eigenvalue weighted by atomic mass is 10.1. The smallest absolute Gasteiger partial charge is 0.322 e. The number of fused-ring (bicyclic) bond motifs is 1. The van der Waals surface area contributed by atoms with Crippen molar-refractivity contribution < 1.29 is 31.3 Å². The zero-order valence-corrected chi connectivity index (χ0v) is 24.5. The number of hydrogen-bond acceptors (Lipinski definition) is 7. The topological polar surface area (TPSA) is 123 Å². The molecule has 0 spiro atoms. The zero-order valence-electron chi connectivity index (χ0n) is 23.7. The van der Waals surface area contributed by atoms with Crippen LogP contribution in [0.4, 0.5) is 20.2 Å². The molecule has 1 saturated carbocycles. The third kappa shape index (κ3) is 5.42. The zero-order chi connectivity index (χ0) is 29.8. The molecule has 1 aliphatic heterocycles. The molecule has 1 aliphatic carbocycles. The minimum Gasteiger partial charge on any atom is -0.351 e. The average Bonchev–Trinajstić information content (AvgIpc) is 3.66. The third-order valence-electron chi connectivity index (χ3n) is 7.96. The molecular weight excluding hydrogens is 566 g/mol. The number of anilines is 2. The van der Waals surface area contributed by atoms with Gasteiger partial charge in [0.25, 0.3) is 5.82 Å². The summed E-state index contributed by atoms with van der Waals surface area (Å²) in [5.74, 6) is 0.289. The maximum Gasteiger partial charge on any atom is 0.322 e. The van der Waals surface area contributed by atoms with Gasteiger partial charge in [-0.05, 0) is 50.8 Å². The number of carbonyl (C=O) groups excluding carboxylic acids is 1. The minimum absolute atomic E-state index is 0.00491. The average molecular weight is 600 g/mol. The number of rotatable bonds is 9. The van der Waals surface area contributed by atoms with E-state index in [-0.39, 0.29) is 45.7 Å². The van der Waals surface area contributed by atoms with Gasteiger partial charge in [0.2, 0.25) is 0 Å². The van der Waals surface area contributed by atoms with Crippen LogP contribution in [0.2, 0.25) is 0 Å². The number of pyridine rings is 1. The quantitative estimate of drug-likeness (QED) is 0.263. The Morgan fingerprint density at radius 1 is 1.21 bits per heavy atom. The molecule has 6 rings (SSSR count). The van der Waals surface area contributed by atoms with E-state index in [1.807, 2.05) is 18.5 Å². The van der Waals surface area contributed by atoms with Crippen LogP contribution in [-0.2, 0) is 32.8 Å². The van der Waals surface area contributed by atoms with Gasteiger partial charge in [-0.1, -0.05) is 0 Å². The first-order chi connectivity index (χ1) is 20.0. The largest absolute Gasteiger partial charge is 0.351 e. The van der Waals surface area contributed by atoms with Crippen molar-refractivity contribution in [1.82, 2.24) is 19.5 Å². The van der Waals surface area contributed by atoms with E-state index in [0.29, 0.717) is 35.8 Å². The molecule has 1 saturated heterocycles. The SMILES string of the molecule is Cc1cnc(-c2ccc(Nc3cc(CC(=O)C4CC4)nc4c3[nH]c(C(F)F)[n+]4C3CCCCO3)c(S(C)(=O)=O)c2)n1C. The second-order valence-corrected chi connectivity index (χ2v) is 13.2. The molecule has 3 aromatic heterocycles. The van der Waals surface area contributed by atoms with Crippen LogP contribution in [0.15, 0.2) is 35.4 Å². The number of halogens is 2. The van der Waals surface area contributed by atoms with Crippen molar-refractivity contribution in [3.05, 3.63) is 47.7 Å². The number of ether oxygens (including phenoxy) is 1. The number of aromatic nitrogens is 5. The van der Waals surface area contributed by atoms with Crippen molar-refractivity contribution >= 4 is 38.2 Å². The van der Waals surface area contributed by atoms with Gasteiger partial charge in [-0.2, -0.15) is 13.3 Å². The molecule has 0 radical (unpaired) electrons. The molecule has 10 nitrogen and oxygen atoms in total. The molecule has 4 aromatic rings. The molecule has 1 aromatic carbocycles. The number of imidazole rings is 2. The Bertz CT molecular complexity index is 1790. The number of H-pyrrole nitrogens is 1. The van der Waals surface area contributed by atoms with Crippen molar-refractivity contribution in [2.45, 2.75) is 63.0 Å². The van der Waals surface area contributed by atoms with Gasteiger partial charge in [-0.15, -0.1) is 4.98 Å². The lowest BCUT2D eigenvalue weighted by Crippen LogP contribution is -2.45. The molecule has 222 valence electrons. The number of Topliss-reactive ketones (excluding diaryl/α,β-unsaturated/α-hetero) is 1. The Hall–Kier alpha value is -3.71. The second kappa shape index (κ2) is 10.8. The van der Waals surface area contributed by atoms with Crippen LogP contribution in [0.25, 0.3) is 22.6 Å². The van der Waals surface area contributed by atoms with Gasteiger partial charge >= 0.3 is 12.1 Å². The van der Waals surface area contributed by atoms with E-state index in [1.165, 1.54) is 4.57 Å². The van der Waals surface area contributed by atoms with Crippen LogP contribution in [0.1, 0.15) is 62.0 Å². The minimum atomic E-state index is -3.73. The lowest BCUT2D eigenvalue weighted by molar-refractivity contribution is -0.754. The molecular formula is C29H33F2N6O4S+. The second-order valence-electron chi connectivity index (χ2n) is 11.2. The fraction of sp³-hybridized carbons (Fsp3) is 0.448. The van der Waals surface area contributed by atoms with E-state index in [0.717, 1.165) is 37.6 Å². The number of nitrogens with zero attached hydrogens (tertiary/aromatic N) is 4. The Morgan fingerprint density at radius 2 is 2.00 bits per heavy atom. The van der Waals surface area contributed by atoms with Crippen LogP contribution in [0.3, 0.4) is 0 Å². The summed E-state index contributed by atoms with van der Waals surface area (Å²) in [5, 5.41) is 3.17.